The summed E-state index contributed by atoms with van der Waals surface area (Å²) in [6, 6.07) is 15.0. The number of fused-ring (bicyclic) bond motifs is 1. The second-order valence-corrected chi connectivity index (χ2v) is 6.82. The molecular formula is C20H22ClN2O3. The van der Waals surface area contributed by atoms with E-state index < -0.39 is 18.1 Å². The maximum absolute atomic E-state index is 11.6. The minimum Gasteiger partial charge on any atom is -0.480 e. The average molecular weight is 374 g/mol. The molecule has 4 N–H and O–H groups in total. The first kappa shape index (κ1) is 18.7. The van der Waals surface area contributed by atoms with E-state index in [4.69, 9.17) is 22.1 Å². The molecule has 0 aromatic heterocycles. The highest BCUT2D eigenvalue weighted by molar-refractivity contribution is 6.30. The number of hydrogen-bond acceptors (Lipinski definition) is 4. The van der Waals surface area contributed by atoms with Crippen LogP contribution in [0.5, 0.6) is 5.75 Å². The van der Waals surface area contributed by atoms with Crippen LogP contribution < -0.4 is 15.8 Å². The van der Waals surface area contributed by atoms with Crippen LogP contribution in [0.15, 0.2) is 48.5 Å². The molecular weight excluding hydrogens is 352 g/mol. The van der Waals surface area contributed by atoms with Crippen molar-refractivity contribution in [2.45, 2.75) is 31.1 Å². The normalized spacial score (nSPS) is 20.1. The van der Waals surface area contributed by atoms with Gasteiger partial charge in [-0.1, -0.05) is 41.9 Å². The third kappa shape index (κ3) is 4.75. The quantitative estimate of drug-likeness (QED) is 0.695. The molecule has 1 unspecified atom stereocenters. The van der Waals surface area contributed by atoms with Crippen molar-refractivity contribution in [1.82, 2.24) is 5.32 Å². The molecule has 0 saturated heterocycles. The maximum atomic E-state index is 11.6. The van der Waals surface area contributed by atoms with Gasteiger partial charge in [0.15, 0.2) is 6.10 Å². The van der Waals surface area contributed by atoms with E-state index in [0.29, 0.717) is 30.2 Å². The van der Waals surface area contributed by atoms with Crippen molar-refractivity contribution in [2.75, 3.05) is 6.54 Å². The van der Waals surface area contributed by atoms with E-state index in [-0.39, 0.29) is 6.04 Å². The van der Waals surface area contributed by atoms with E-state index in [1.807, 2.05) is 42.8 Å². The third-order valence-electron chi connectivity index (χ3n) is 4.43. The SMILES string of the molecule is NC(=O)[C@@H]1CC(NC[C@H](O)[CH]Cc2ccccc2)c2cc(Cl)ccc2O1. The summed E-state index contributed by atoms with van der Waals surface area (Å²) in [5, 5.41) is 14.1. The molecule has 0 aliphatic carbocycles. The number of halogens is 1. The van der Waals surface area contributed by atoms with Gasteiger partial charge in [-0.05, 0) is 36.6 Å². The molecule has 2 aromatic rings. The van der Waals surface area contributed by atoms with E-state index in [2.05, 4.69) is 5.32 Å². The summed E-state index contributed by atoms with van der Waals surface area (Å²) in [7, 11) is 0. The van der Waals surface area contributed by atoms with E-state index in [1.54, 1.807) is 12.1 Å². The van der Waals surface area contributed by atoms with Gasteiger partial charge >= 0.3 is 0 Å². The van der Waals surface area contributed by atoms with Gasteiger partial charge in [0.05, 0.1) is 6.10 Å². The highest BCUT2D eigenvalue weighted by atomic mass is 35.5. The van der Waals surface area contributed by atoms with Gasteiger partial charge in [0.2, 0.25) is 0 Å². The van der Waals surface area contributed by atoms with Crippen LogP contribution in [0.25, 0.3) is 0 Å². The fourth-order valence-corrected chi connectivity index (χ4v) is 3.22. The number of benzene rings is 2. The van der Waals surface area contributed by atoms with Crippen LogP contribution in [-0.2, 0) is 11.2 Å². The Hall–Kier alpha value is -2.08. The highest BCUT2D eigenvalue weighted by Crippen LogP contribution is 2.36. The fourth-order valence-electron chi connectivity index (χ4n) is 3.04. The van der Waals surface area contributed by atoms with Crippen LogP contribution in [0.1, 0.15) is 23.6 Å². The molecule has 6 heteroatoms. The summed E-state index contributed by atoms with van der Waals surface area (Å²) in [5.41, 5.74) is 7.42. The number of nitrogens with two attached hydrogens (primary N) is 1. The smallest absolute Gasteiger partial charge is 0.258 e. The fraction of sp³-hybridized carbons (Fsp3) is 0.300. The van der Waals surface area contributed by atoms with Crippen LogP contribution in [-0.4, -0.2) is 29.8 Å². The van der Waals surface area contributed by atoms with Crippen molar-refractivity contribution in [3.63, 3.8) is 0 Å². The number of carbonyl (C=O) groups excluding carboxylic acids is 1. The standard InChI is InChI=1S/C20H22ClN2O3/c21-14-7-9-18-16(10-14)17(11-19(26-18)20(22)25)23-12-15(24)8-6-13-4-2-1-3-5-13/h1-5,7-10,15,17,19,23-24H,6,11-12H2,(H2,22,25)/t15-,17?,19+/m1/s1. The van der Waals surface area contributed by atoms with E-state index in [9.17, 15) is 9.90 Å². The van der Waals surface area contributed by atoms with Crippen LogP contribution in [0.4, 0.5) is 0 Å². The lowest BCUT2D eigenvalue weighted by Crippen LogP contribution is -2.42. The minimum atomic E-state index is -0.702. The minimum absolute atomic E-state index is 0.172. The summed E-state index contributed by atoms with van der Waals surface area (Å²) in [6.45, 7) is 0.356. The van der Waals surface area contributed by atoms with Gasteiger partial charge in [-0.3, -0.25) is 4.79 Å². The second kappa shape index (κ2) is 8.54. The Morgan fingerprint density at radius 2 is 2.12 bits per heavy atom. The zero-order chi connectivity index (χ0) is 18.5. The number of hydrogen-bond donors (Lipinski definition) is 3. The molecule has 1 radical (unpaired) electrons. The largest absolute Gasteiger partial charge is 0.480 e. The van der Waals surface area contributed by atoms with Crippen LogP contribution in [0.3, 0.4) is 0 Å². The number of primary amides is 1. The Bertz CT molecular complexity index is 754. The summed E-state index contributed by atoms with van der Waals surface area (Å²) in [5.74, 6) is 0.0818. The van der Waals surface area contributed by atoms with Crippen molar-refractivity contribution in [3.05, 3.63) is 71.1 Å². The van der Waals surface area contributed by atoms with Gasteiger partial charge < -0.3 is 20.9 Å². The van der Waals surface area contributed by atoms with Crippen molar-refractivity contribution in [2.24, 2.45) is 5.73 Å². The Labute approximate surface area is 158 Å². The van der Waals surface area contributed by atoms with Gasteiger partial charge in [0, 0.05) is 29.6 Å². The first-order valence-corrected chi connectivity index (χ1v) is 8.95. The summed E-state index contributed by atoms with van der Waals surface area (Å²) < 4.78 is 5.65. The predicted molar refractivity (Wildman–Crippen MR) is 101 cm³/mol. The molecule has 3 atom stereocenters. The Balaban J connectivity index is 1.61. The lowest BCUT2D eigenvalue weighted by molar-refractivity contribution is -0.125. The van der Waals surface area contributed by atoms with Crippen LogP contribution in [0, 0.1) is 6.42 Å². The molecule has 1 heterocycles. The zero-order valence-corrected chi connectivity index (χ0v) is 15.0. The maximum Gasteiger partial charge on any atom is 0.258 e. The molecule has 26 heavy (non-hydrogen) atoms. The van der Waals surface area contributed by atoms with Gasteiger partial charge in [0.1, 0.15) is 5.75 Å². The molecule has 137 valence electrons. The van der Waals surface area contributed by atoms with Crippen molar-refractivity contribution in [3.8, 4) is 5.75 Å². The van der Waals surface area contributed by atoms with Gasteiger partial charge in [-0.15, -0.1) is 0 Å². The third-order valence-corrected chi connectivity index (χ3v) is 4.66. The summed E-state index contributed by atoms with van der Waals surface area (Å²) >= 11 is 6.09. The first-order valence-electron chi connectivity index (χ1n) is 8.57. The molecule has 0 bridgehead atoms. The number of amides is 1. The van der Waals surface area contributed by atoms with Gasteiger partial charge in [-0.25, -0.2) is 0 Å². The molecule has 5 nitrogen and oxygen atoms in total. The lowest BCUT2D eigenvalue weighted by atomic mass is 9.95. The van der Waals surface area contributed by atoms with E-state index in [1.165, 1.54) is 0 Å². The van der Waals surface area contributed by atoms with Crippen molar-refractivity contribution >= 4 is 17.5 Å². The second-order valence-electron chi connectivity index (χ2n) is 6.38. The van der Waals surface area contributed by atoms with Gasteiger partial charge in [-0.2, -0.15) is 0 Å². The molecule has 0 fully saturated rings. The average Bonchev–Trinajstić information content (AvgIpc) is 2.65. The highest BCUT2D eigenvalue weighted by Gasteiger charge is 2.31. The Morgan fingerprint density at radius 1 is 1.35 bits per heavy atom. The number of ether oxygens (including phenoxy) is 1. The van der Waals surface area contributed by atoms with E-state index in [0.717, 1.165) is 11.1 Å². The molecule has 1 aliphatic heterocycles. The summed E-state index contributed by atoms with van der Waals surface area (Å²) in [4.78, 5) is 11.6. The van der Waals surface area contributed by atoms with Gasteiger partial charge in [0.25, 0.3) is 5.91 Å². The first-order chi connectivity index (χ1) is 12.5. The number of rotatable bonds is 7. The molecule has 1 amide bonds. The number of aliphatic hydroxyl groups is 1. The van der Waals surface area contributed by atoms with E-state index >= 15 is 0 Å². The van der Waals surface area contributed by atoms with Crippen molar-refractivity contribution in [1.29, 1.82) is 0 Å². The Kier molecular flexibility index (Phi) is 6.14. The molecule has 2 aromatic carbocycles. The van der Waals surface area contributed by atoms with Crippen LogP contribution >= 0.6 is 11.6 Å². The van der Waals surface area contributed by atoms with Crippen molar-refractivity contribution < 1.29 is 14.6 Å². The zero-order valence-electron chi connectivity index (χ0n) is 14.3. The number of aliphatic hydroxyl groups excluding tert-OH is 1. The molecule has 1 aliphatic rings. The number of nitrogens with one attached hydrogen (secondary N) is 1. The number of carbonyl (C=O) groups is 1. The Morgan fingerprint density at radius 3 is 2.85 bits per heavy atom. The molecule has 0 spiro atoms. The monoisotopic (exact) mass is 373 g/mol. The molecule has 3 rings (SSSR count). The summed E-state index contributed by atoms with van der Waals surface area (Å²) in [6.07, 6.45) is 1.61. The lowest BCUT2D eigenvalue weighted by Gasteiger charge is -2.32. The predicted octanol–water partition coefficient (Wildman–Crippen LogP) is 2.41. The topological polar surface area (TPSA) is 84.6 Å². The van der Waals surface area contributed by atoms with Crippen LogP contribution in [0.2, 0.25) is 5.02 Å². The molecule has 0 saturated carbocycles.